The number of benzene rings is 2. The van der Waals surface area contributed by atoms with E-state index < -0.39 is 6.04 Å². The molecule has 1 atom stereocenters. The summed E-state index contributed by atoms with van der Waals surface area (Å²) in [7, 11) is 3.10. The zero-order valence-corrected chi connectivity index (χ0v) is 19.3. The maximum Gasteiger partial charge on any atom is 0.271 e. The number of fused-ring (bicyclic) bond motifs is 1. The number of hydrogen-bond acceptors (Lipinski definition) is 5. The van der Waals surface area contributed by atoms with Crippen molar-refractivity contribution in [3.8, 4) is 22.8 Å². The number of nitrogens with one attached hydrogen (secondary N) is 1. The van der Waals surface area contributed by atoms with E-state index in [2.05, 4.69) is 5.32 Å². The third-order valence-electron chi connectivity index (χ3n) is 6.13. The van der Waals surface area contributed by atoms with Crippen LogP contribution >= 0.6 is 0 Å². The molecule has 1 unspecified atom stereocenters. The molecule has 33 heavy (non-hydrogen) atoms. The predicted octanol–water partition coefficient (Wildman–Crippen LogP) is 4.40. The van der Waals surface area contributed by atoms with Crippen LogP contribution in [-0.2, 0) is 17.6 Å². The number of anilines is 1. The quantitative estimate of drug-likeness (QED) is 0.581. The first kappa shape index (κ1) is 22.6. The van der Waals surface area contributed by atoms with E-state index in [0.29, 0.717) is 30.0 Å². The molecule has 1 aromatic heterocycles. The van der Waals surface area contributed by atoms with Crippen molar-refractivity contribution < 1.29 is 14.3 Å². The molecule has 3 aromatic rings. The molecule has 1 amide bonds. The van der Waals surface area contributed by atoms with Gasteiger partial charge in [0, 0.05) is 17.2 Å². The van der Waals surface area contributed by atoms with Crippen LogP contribution in [0.5, 0.6) is 11.5 Å². The summed E-state index contributed by atoms with van der Waals surface area (Å²) in [5.74, 6) is 0.788. The van der Waals surface area contributed by atoms with E-state index in [1.54, 1.807) is 25.3 Å². The van der Waals surface area contributed by atoms with Gasteiger partial charge in [-0.1, -0.05) is 37.3 Å². The van der Waals surface area contributed by atoms with Crippen LogP contribution in [0.3, 0.4) is 0 Å². The van der Waals surface area contributed by atoms with Crippen molar-refractivity contribution >= 4 is 11.6 Å². The monoisotopic (exact) mass is 447 g/mol. The molecule has 172 valence electrons. The van der Waals surface area contributed by atoms with Crippen molar-refractivity contribution in [2.24, 2.45) is 0 Å². The van der Waals surface area contributed by atoms with Gasteiger partial charge in [-0.05, 0) is 49.8 Å². The molecule has 7 nitrogen and oxygen atoms in total. The smallest absolute Gasteiger partial charge is 0.271 e. The van der Waals surface area contributed by atoms with Crippen LogP contribution in [0.2, 0.25) is 0 Å². The highest BCUT2D eigenvalue weighted by molar-refractivity contribution is 5.95. The lowest BCUT2D eigenvalue weighted by Gasteiger charge is -2.24. The molecular formula is C26H29N3O4. The minimum atomic E-state index is -0.751. The molecule has 0 radical (unpaired) electrons. The Morgan fingerprint density at radius 2 is 1.79 bits per heavy atom. The number of hydrogen-bond donors (Lipinski definition) is 1. The van der Waals surface area contributed by atoms with Crippen LogP contribution in [0.15, 0.2) is 53.3 Å². The Bertz CT molecular complexity index is 1200. The summed E-state index contributed by atoms with van der Waals surface area (Å²) in [6.45, 7) is 1.88. The van der Waals surface area contributed by atoms with Crippen molar-refractivity contribution in [3.05, 3.63) is 70.0 Å². The molecule has 0 spiro atoms. The topological polar surface area (TPSA) is 82.4 Å². The minimum Gasteiger partial charge on any atom is -0.497 e. The van der Waals surface area contributed by atoms with Gasteiger partial charge in [-0.25, -0.2) is 4.68 Å². The van der Waals surface area contributed by atoms with Crippen molar-refractivity contribution in [1.82, 2.24) is 9.78 Å². The molecular weight excluding hydrogens is 418 g/mol. The van der Waals surface area contributed by atoms with E-state index in [9.17, 15) is 9.59 Å². The molecule has 1 heterocycles. The second-order valence-electron chi connectivity index (χ2n) is 8.11. The summed E-state index contributed by atoms with van der Waals surface area (Å²) < 4.78 is 12.0. The fraction of sp³-hybridized carbons (Fsp3) is 0.346. The van der Waals surface area contributed by atoms with Gasteiger partial charge in [0.2, 0.25) is 5.91 Å². The van der Waals surface area contributed by atoms with Gasteiger partial charge in [0.15, 0.2) is 0 Å². The molecule has 0 aliphatic heterocycles. The van der Waals surface area contributed by atoms with Gasteiger partial charge < -0.3 is 14.8 Å². The SMILES string of the molecule is CCC(C(=O)Nc1ccc(OC)cc1OC)n1nc(-c2ccccc2)c2c(c1=O)CCCC2. The second kappa shape index (κ2) is 9.90. The molecule has 4 rings (SSSR count). The standard InChI is InChI=1S/C26H29N3O4/c1-4-22(25(30)27-21-15-14-18(32-2)16-23(21)33-3)29-26(31)20-13-9-8-12-19(20)24(28-29)17-10-6-5-7-11-17/h5-7,10-11,14-16,22H,4,8-9,12-13H2,1-3H3,(H,27,30). The number of carbonyl (C=O) groups is 1. The largest absolute Gasteiger partial charge is 0.497 e. The van der Waals surface area contributed by atoms with Crippen LogP contribution in [0.4, 0.5) is 5.69 Å². The molecule has 1 aliphatic carbocycles. The Kier molecular flexibility index (Phi) is 6.77. The van der Waals surface area contributed by atoms with Crippen LogP contribution in [0, 0.1) is 0 Å². The van der Waals surface area contributed by atoms with Gasteiger partial charge >= 0.3 is 0 Å². The lowest BCUT2D eigenvalue weighted by molar-refractivity contribution is -0.119. The molecule has 0 saturated heterocycles. The summed E-state index contributed by atoms with van der Waals surface area (Å²) in [5.41, 5.74) is 3.88. The maximum atomic E-state index is 13.4. The normalized spacial score (nSPS) is 13.7. The van der Waals surface area contributed by atoms with E-state index >= 15 is 0 Å². The Morgan fingerprint density at radius 1 is 1.06 bits per heavy atom. The number of nitrogens with zero attached hydrogens (tertiary/aromatic N) is 2. The molecule has 1 N–H and O–H groups in total. The van der Waals surface area contributed by atoms with Gasteiger partial charge in [0.1, 0.15) is 17.5 Å². The van der Waals surface area contributed by atoms with Gasteiger partial charge in [0.25, 0.3) is 5.56 Å². The summed E-state index contributed by atoms with van der Waals surface area (Å²) in [6.07, 6.45) is 3.96. The summed E-state index contributed by atoms with van der Waals surface area (Å²) in [4.78, 5) is 26.8. The number of carbonyl (C=O) groups excluding carboxylic acids is 1. The second-order valence-corrected chi connectivity index (χ2v) is 8.11. The summed E-state index contributed by atoms with van der Waals surface area (Å²) >= 11 is 0. The molecule has 1 aliphatic rings. The first-order valence-corrected chi connectivity index (χ1v) is 11.3. The number of aromatic nitrogens is 2. The molecule has 2 aromatic carbocycles. The van der Waals surface area contributed by atoms with Crippen LogP contribution < -0.4 is 20.3 Å². The average Bonchev–Trinajstić information content (AvgIpc) is 2.86. The third-order valence-corrected chi connectivity index (χ3v) is 6.13. The van der Waals surface area contributed by atoms with Crippen LogP contribution in [0.1, 0.15) is 43.4 Å². The molecule has 0 fully saturated rings. The van der Waals surface area contributed by atoms with Crippen molar-refractivity contribution in [1.29, 1.82) is 0 Å². The Labute approximate surface area is 193 Å². The predicted molar refractivity (Wildman–Crippen MR) is 128 cm³/mol. The van der Waals surface area contributed by atoms with E-state index in [1.807, 2.05) is 37.3 Å². The highest BCUT2D eigenvalue weighted by Gasteiger charge is 2.27. The first-order chi connectivity index (χ1) is 16.1. The fourth-order valence-corrected chi connectivity index (χ4v) is 4.38. The Morgan fingerprint density at radius 3 is 2.45 bits per heavy atom. The molecule has 7 heteroatoms. The molecule has 0 saturated carbocycles. The van der Waals surface area contributed by atoms with E-state index in [-0.39, 0.29) is 11.5 Å². The summed E-state index contributed by atoms with van der Waals surface area (Å²) in [6, 6.07) is 14.3. The van der Waals surface area contributed by atoms with Gasteiger partial charge in [-0.2, -0.15) is 5.10 Å². The zero-order valence-electron chi connectivity index (χ0n) is 19.3. The minimum absolute atomic E-state index is 0.173. The van der Waals surface area contributed by atoms with E-state index in [0.717, 1.165) is 41.6 Å². The maximum absolute atomic E-state index is 13.4. The number of rotatable bonds is 7. The Balaban J connectivity index is 1.75. The first-order valence-electron chi connectivity index (χ1n) is 11.3. The zero-order chi connectivity index (χ0) is 23.4. The average molecular weight is 448 g/mol. The highest BCUT2D eigenvalue weighted by Crippen LogP contribution is 2.31. The summed E-state index contributed by atoms with van der Waals surface area (Å²) in [5, 5.41) is 7.66. The number of amides is 1. The Hall–Kier alpha value is -3.61. The fourth-order valence-electron chi connectivity index (χ4n) is 4.38. The highest BCUT2D eigenvalue weighted by atomic mass is 16.5. The van der Waals surface area contributed by atoms with Crippen LogP contribution in [0.25, 0.3) is 11.3 Å². The van der Waals surface area contributed by atoms with Gasteiger partial charge in [-0.15, -0.1) is 0 Å². The lowest BCUT2D eigenvalue weighted by atomic mass is 9.89. The van der Waals surface area contributed by atoms with Gasteiger partial charge in [0.05, 0.1) is 25.6 Å². The van der Waals surface area contributed by atoms with E-state index in [4.69, 9.17) is 14.6 Å². The van der Waals surface area contributed by atoms with E-state index in [1.165, 1.54) is 11.8 Å². The van der Waals surface area contributed by atoms with Crippen molar-refractivity contribution in [3.63, 3.8) is 0 Å². The number of ether oxygens (including phenoxy) is 2. The van der Waals surface area contributed by atoms with Crippen molar-refractivity contribution in [2.45, 2.75) is 45.1 Å². The number of methoxy groups -OCH3 is 2. The van der Waals surface area contributed by atoms with Crippen molar-refractivity contribution in [2.75, 3.05) is 19.5 Å². The lowest BCUT2D eigenvalue weighted by Crippen LogP contribution is -2.38. The van der Waals surface area contributed by atoms with Gasteiger partial charge in [-0.3, -0.25) is 9.59 Å². The third kappa shape index (κ3) is 4.49. The van der Waals surface area contributed by atoms with Crippen LogP contribution in [-0.4, -0.2) is 29.9 Å². The molecule has 0 bridgehead atoms.